The Morgan fingerprint density at radius 1 is 1.00 bits per heavy atom. The zero-order valence-corrected chi connectivity index (χ0v) is 17.8. The van der Waals surface area contributed by atoms with Crippen molar-refractivity contribution < 1.29 is 41.7 Å². The van der Waals surface area contributed by atoms with Crippen LogP contribution in [0.15, 0.2) is 54.6 Å². The molecule has 0 unspecified atom stereocenters. The number of carbonyl (C=O) groups is 1. The van der Waals surface area contributed by atoms with Gasteiger partial charge in [-0.2, -0.15) is 13.2 Å². The average Bonchev–Trinajstić information content (AvgIpc) is 3.54. The van der Waals surface area contributed by atoms with Crippen LogP contribution in [0.1, 0.15) is 17.5 Å². The lowest BCUT2D eigenvalue weighted by atomic mass is 9.93. The summed E-state index contributed by atoms with van der Waals surface area (Å²) in [6.07, 6.45) is -5.18. The minimum absolute atomic E-state index is 0.238. The van der Waals surface area contributed by atoms with Crippen molar-refractivity contribution in [2.75, 3.05) is 27.4 Å². The van der Waals surface area contributed by atoms with Gasteiger partial charge in [-0.05, 0) is 24.1 Å². The quantitative estimate of drug-likeness (QED) is 0.290. The number of epoxide rings is 1. The van der Waals surface area contributed by atoms with E-state index in [1.54, 1.807) is 13.2 Å². The summed E-state index contributed by atoms with van der Waals surface area (Å²) in [6.45, 7) is 0.515. The second kappa shape index (κ2) is 10.3. The van der Waals surface area contributed by atoms with Crippen molar-refractivity contribution in [2.24, 2.45) is 0 Å². The first-order valence-electron chi connectivity index (χ1n) is 10.0. The van der Waals surface area contributed by atoms with Crippen LogP contribution < -0.4 is 4.74 Å². The van der Waals surface area contributed by atoms with Gasteiger partial charge in [-0.1, -0.05) is 42.5 Å². The Kier molecular flexibility index (Phi) is 7.76. The van der Waals surface area contributed by atoms with E-state index < -0.39 is 23.9 Å². The van der Waals surface area contributed by atoms with E-state index in [0.29, 0.717) is 19.6 Å². The Hall–Kier alpha value is -2.62. The van der Waals surface area contributed by atoms with Crippen LogP contribution in [0.3, 0.4) is 0 Å². The molecule has 1 heterocycles. The predicted molar refractivity (Wildman–Crippen MR) is 108 cm³/mol. The van der Waals surface area contributed by atoms with E-state index in [0.717, 1.165) is 18.4 Å². The second-order valence-corrected chi connectivity index (χ2v) is 7.25. The Morgan fingerprint density at radius 3 is 2.28 bits per heavy atom. The highest BCUT2D eigenvalue weighted by atomic mass is 19.4. The number of methoxy groups -OCH3 is 2. The molecule has 0 bridgehead atoms. The molecule has 1 saturated heterocycles. The maximum absolute atomic E-state index is 13.8. The molecule has 3 atom stereocenters. The van der Waals surface area contributed by atoms with Gasteiger partial charge in [0.1, 0.15) is 18.5 Å². The van der Waals surface area contributed by atoms with Crippen LogP contribution in [0.5, 0.6) is 5.75 Å². The first kappa shape index (κ1) is 24.0. The van der Waals surface area contributed by atoms with E-state index in [1.807, 2.05) is 24.3 Å². The standard InChI is InChI=1S/C23H25F3O6/c1-28-18-10-8-16(9-11-18)14-30-13-12-19-20(32-19)15-31-21(27)22(29-2,23(24,25)26)17-6-4-3-5-7-17/h3-11,19-20H,12-15H2,1-2H3/t19-,20-,22-/m1/s1. The van der Waals surface area contributed by atoms with Crippen LogP contribution in [0.25, 0.3) is 0 Å². The molecule has 6 nitrogen and oxygen atoms in total. The van der Waals surface area contributed by atoms with E-state index in [1.165, 1.54) is 24.3 Å². The maximum atomic E-state index is 13.8. The van der Waals surface area contributed by atoms with Crippen molar-refractivity contribution in [1.29, 1.82) is 0 Å². The summed E-state index contributed by atoms with van der Waals surface area (Å²) in [6, 6.07) is 14.2. The number of alkyl halides is 3. The van der Waals surface area contributed by atoms with Crippen molar-refractivity contribution >= 4 is 5.97 Å². The molecule has 0 radical (unpaired) electrons. The number of carbonyl (C=O) groups excluding carboxylic acids is 1. The maximum Gasteiger partial charge on any atom is 0.432 e. The van der Waals surface area contributed by atoms with Gasteiger partial charge in [0.2, 0.25) is 0 Å². The van der Waals surface area contributed by atoms with Gasteiger partial charge >= 0.3 is 12.1 Å². The summed E-state index contributed by atoms with van der Waals surface area (Å²) in [5, 5.41) is 0. The van der Waals surface area contributed by atoms with Crippen LogP contribution in [0, 0.1) is 0 Å². The molecule has 32 heavy (non-hydrogen) atoms. The van der Waals surface area contributed by atoms with Gasteiger partial charge < -0.3 is 23.7 Å². The zero-order chi connectivity index (χ0) is 23.2. The number of rotatable bonds is 11. The van der Waals surface area contributed by atoms with E-state index in [9.17, 15) is 18.0 Å². The van der Waals surface area contributed by atoms with Gasteiger partial charge in [0.15, 0.2) is 0 Å². The summed E-state index contributed by atoms with van der Waals surface area (Å²) >= 11 is 0. The molecule has 1 aliphatic rings. The van der Waals surface area contributed by atoms with E-state index >= 15 is 0 Å². The van der Waals surface area contributed by atoms with Gasteiger partial charge in [0, 0.05) is 19.3 Å². The number of ether oxygens (including phenoxy) is 5. The van der Waals surface area contributed by atoms with Gasteiger partial charge in [0.25, 0.3) is 5.60 Å². The number of hydrogen-bond donors (Lipinski definition) is 0. The number of hydrogen-bond acceptors (Lipinski definition) is 6. The van der Waals surface area contributed by atoms with Crippen molar-refractivity contribution in [1.82, 2.24) is 0 Å². The lowest BCUT2D eigenvalue weighted by molar-refractivity contribution is -0.276. The fourth-order valence-corrected chi connectivity index (χ4v) is 3.34. The molecular weight excluding hydrogens is 429 g/mol. The molecule has 174 valence electrons. The monoisotopic (exact) mass is 454 g/mol. The molecule has 2 aromatic carbocycles. The smallest absolute Gasteiger partial charge is 0.432 e. The Bertz CT molecular complexity index is 872. The Morgan fingerprint density at radius 2 is 1.69 bits per heavy atom. The van der Waals surface area contributed by atoms with Crippen molar-refractivity contribution in [2.45, 2.75) is 37.0 Å². The van der Waals surface area contributed by atoms with E-state index in [-0.39, 0.29) is 18.3 Å². The molecule has 0 spiro atoms. The van der Waals surface area contributed by atoms with Crippen LogP contribution in [0.2, 0.25) is 0 Å². The summed E-state index contributed by atoms with van der Waals surface area (Å²) in [5.74, 6) is -0.767. The molecular formula is C23H25F3O6. The van der Waals surface area contributed by atoms with Gasteiger partial charge in [-0.15, -0.1) is 0 Å². The molecule has 1 fully saturated rings. The Balaban J connectivity index is 1.45. The molecule has 0 aromatic heterocycles. The zero-order valence-electron chi connectivity index (χ0n) is 17.8. The summed E-state index contributed by atoms with van der Waals surface area (Å²) in [7, 11) is 2.42. The molecule has 0 amide bonds. The minimum atomic E-state index is -5.00. The molecule has 0 saturated carbocycles. The number of benzene rings is 2. The molecule has 9 heteroatoms. The van der Waals surface area contributed by atoms with Gasteiger partial charge in [0.05, 0.1) is 19.8 Å². The predicted octanol–water partition coefficient (Wildman–Crippen LogP) is 4.02. The summed E-state index contributed by atoms with van der Waals surface area (Å²) in [4.78, 5) is 12.5. The topological polar surface area (TPSA) is 66.5 Å². The van der Waals surface area contributed by atoms with E-state index in [4.69, 9.17) is 23.7 Å². The Labute approximate surface area is 184 Å². The molecule has 1 aliphatic heterocycles. The molecule has 0 N–H and O–H groups in total. The molecule has 3 rings (SSSR count). The second-order valence-electron chi connectivity index (χ2n) is 7.25. The van der Waals surface area contributed by atoms with E-state index in [2.05, 4.69) is 0 Å². The molecule has 0 aliphatic carbocycles. The molecule has 2 aromatic rings. The van der Waals surface area contributed by atoms with Crippen LogP contribution in [-0.2, 0) is 35.9 Å². The third kappa shape index (κ3) is 5.40. The van der Waals surface area contributed by atoms with Crippen molar-refractivity contribution in [3.63, 3.8) is 0 Å². The van der Waals surface area contributed by atoms with Crippen molar-refractivity contribution in [3.8, 4) is 5.75 Å². The van der Waals surface area contributed by atoms with Crippen LogP contribution in [-0.4, -0.2) is 51.8 Å². The highest BCUT2D eigenvalue weighted by molar-refractivity contribution is 5.82. The third-order valence-electron chi connectivity index (χ3n) is 5.21. The summed E-state index contributed by atoms with van der Waals surface area (Å²) in [5.41, 5.74) is -2.56. The fraction of sp³-hybridized carbons (Fsp3) is 0.435. The highest BCUT2D eigenvalue weighted by Crippen LogP contribution is 2.43. The average molecular weight is 454 g/mol. The highest BCUT2D eigenvalue weighted by Gasteiger charge is 2.64. The third-order valence-corrected chi connectivity index (χ3v) is 5.21. The largest absolute Gasteiger partial charge is 0.497 e. The summed E-state index contributed by atoms with van der Waals surface area (Å²) < 4.78 is 67.3. The van der Waals surface area contributed by atoms with Crippen molar-refractivity contribution in [3.05, 3.63) is 65.7 Å². The van der Waals surface area contributed by atoms with Gasteiger partial charge in [-0.25, -0.2) is 4.79 Å². The van der Waals surface area contributed by atoms with Crippen LogP contribution in [0.4, 0.5) is 13.2 Å². The normalized spacial score (nSPS) is 19.8. The lowest BCUT2D eigenvalue weighted by Gasteiger charge is -2.32. The number of esters is 1. The van der Waals surface area contributed by atoms with Gasteiger partial charge in [-0.3, -0.25) is 0 Å². The lowest BCUT2D eigenvalue weighted by Crippen LogP contribution is -2.52. The number of halogens is 3. The first-order chi connectivity index (χ1) is 15.3. The first-order valence-corrected chi connectivity index (χ1v) is 10.0. The fourth-order valence-electron chi connectivity index (χ4n) is 3.34. The minimum Gasteiger partial charge on any atom is -0.497 e. The SMILES string of the molecule is COc1ccc(COCC[C@H]2O[C@@H]2COC(=O)[C@](OC)(c2ccccc2)C(F)(F)F)cc1. The van der Waals surface area contributed by atoms with Crippen LogP contribution >= 0.6 is 0 Å².